The van der Waals surface area contributed by atoms with Gasteiger partial charge >= 0.3 is 6.76 Å². The summed E-state index contributed by atoms with van der Waals surface area (Å²) in [6.45, 7) is 0.726. The molecule has 0 saturated carbocycles. The normalized spacial score (nSPS) is 8.90. The highest BCUT2D eigenvalue weighted by atomic mass is 32.2. The first kappa shape index (κ1) is 7.54. The molecule has 3 heteroatoms. The summed E-state index contributed by atoms with van der Waals surface area (Å²) in [5.41, 5.74) is 0. The number of rotatable bonds is 3. The van der Waals surface area contributed by atoms with Gasteiger partial charge in [-0.2, -0.15) is 11.6 Å². The minimum atomic E-state index is 0.726. The monoisotopic (exact) mass is 152 g/mol. The predicted octanol–water partition coefficient (Wildman–Crippen LogP) is 1.69. The molecule has 0 spiro atoms. The number of hydrogen-bond donors (Lipinski definition) is 0. The van der Waals surface area contributed by atoms with Crippen molar-refractivity contribution >= 4 is 18.4 Å². The zero-order valence-electron chi connectivity index (χ0n) is 5.91. The quantitative estimate of drug-likeness (QED) is 0.609. The lowest BCUT2D eigenvalue weighted by Gasteiger charge is -2.00. The van der Waals surface area contributed by atoms with Gasteiger partial charge < -0.3 is 4.65 Å². The largest absolute Gasteiger partial charge is 0.553 e. The summed E-state index contributed by atoms with van der Waals surface area (Å²) in [7, 11) is 0. The molecule has 0 amide bonds. The molecule has 0 aliphatic rings. The van der Waals surface area contributed by atoms with Gasteiger partial charge in [0.1, 0.15) is 0 Å². The van der Waals surface area contributed by atoms with E-state index < -0.39 is 0 Å². The third-order valence-electron chi connectivity index (χ3n) is 1.09. The molecule has 0 bridgehead atoms. The summed E-state index contributed by atoms with van der Waals surface area (Å²) in [6, 6.07) is 9.82. The maximum atomic E-state index is 5.32. The van der Waals surface area contributed by atoms with E-state index in [9.17, 15) is 0 Å². The first-order valence-electron chi connectivity index (χ1n) is 3.10. The Bertz CT molecular complexity index is 178. The highest BCUT2D eigenvalue weighted by molar-refractivity contribution is 8.21. The fourth-order valence-corrected chi connectivity index (χ4v) is 0.898. The fraction of sp³-hybridized carbons (Fsp3) is 0.143. The summed E-state index contributed by atoms with van der Waals surface area (Å²) >= 11 is 1.67. The smallest absolute Gasteiger partial charge is 0.407 e. The second-order valence-corrected chi connectivity index (χ2v) is 2.68. The highest BCUT2D eigenvalue weighted by Crippen LogP contribution is 2.08. The Morgan fingerprint density at radius 3 is 2.60 bits per heavy atom. The topological polar surface area (TPSA) is 9.23 Å². The Balaban J connectivity index is 2.43. The lowest BCUT2D eigenvalue weighted by atomic mass is 10.3. The molecule has 10 heavy (non-hydrogen) atoms. The molecule has 0 fully saturated rings. The molecule has 52 valence electrons. The van der Waals surface area contributed by atoms with E-state index in [0.29, 0.717) is 0 Å². The molecular weight excluding hydrogens is 143 g/mol. The van der Waals surface area contributed by atoms with Crippen LogP contribution in [0.15, 0.2) is 30.3 Å². The van der Waals surface area contributed by atoms with Crippen LogP contribution in [0.25, 0.3) is 0 Å². The van der Waals surface area contributed by atoms with E-state index in [0.717, 1.165) is 12.5 Å². The number of hydrogen-bond acceptors (Lipinski definition) is 2. The second kappa shape index (κ2) is 4.28. The average Bonchev–Trinajstić information content (AvgIpc) is 2.03. The van der Waals surface area contributed by atoms with Gasteiger partial charge in [0.05, 0.1) is 5.75 Å². The van der Waals surface area contributed by atoms with E-state index in [2.05, 4.69) is 0 Å². The summed E-state index contributed by atoms with van der Waals surface area (Å²) in [5.74, 6) is 0.942. The van der Waals surface area contributed by atoms with Gasteiger partial charge in [0, 0.05) is 0 Å². The summed E-state index contributed by atoms with van der Waals surface area (Å²) in [6.07, 6.45) is 2.02. The fourth-order valence-electron chi connectivity index (χ4n) is 0.644. The molecule has 0 aliphatic carbocycles. The Hall–Kier alpha value is -0.565. The number of para-hydroxylation sites is 1. The molecule has 0 atom stereocenters. The van der Waals surface area contributed by atoms with Crippen LogP contribution in [-0.4, -0.2) is 13.0 Å². The van der Waals surface area contributed by atoms with Crippen molar-refractivity contribution in [3.8, 4) is 5.75 Å². The van der Waals surface area contributed by atoms with Crippen LogP contribution in [0, 0.1) is 0 Å². The average molecular weight is 152 g/mol. The standard InChI is InChI=1S/C7H9BOS/c1-10-8-9-7-5-3-2-4-6-7/h2-6,8H,1H3. The van der Waals surface area contributed by atoms with Crippen LogP contribution in [0.4, 0.5) is 0 Å². The van der Waals surface area contributed by atoms with Crippen LogP contribution in [0.5, 0.6) is 5.75 Å². The van der Waals surface area contributed by atoms with Gasteiger partial charge in [-0.25, -0.2) is 0 Å². The Kier molecular flexibility index (Phi) is 3.23. The zero-order valence-corrected chi connectivity index (χ0v) is 6.73. The first-order valence-corrected chi connectivity index (χ1v) is 4.49. The Morgan fingerprint density at radius 2 is 2.00 bits per heavy atom. The highest BCUT2D eigenvalue weighted by Gasteiger charge is 1.89. The molecule has 0 radical (unpaired) electrons. The van der Waals surface area contributed by atoms with E-state index in [-0.39, 0.29) is 0 Å². The van der Waals surface area contributed by atoms with E-state index >= 15 is 0 Å². The molecule has 1 rings (SSSR count). The summed E-state index contributed by atoms with van der Waals surface area (Å²) in [4.78, 5) is 0. The molecular formula is C7H9BOS. The molecule has 0 heterocycles. The zero-order chi connectivity index (χ0) is 7.23. The van der Waals surface area contributed by atoms with Crippen molar-refractivity contribution in [3.63, 3.8) is 0 Å². The van der Waals surface area contributed by atoms with Crippen LogP contribution in [0.1, 0.15) is 0 Å². The molecule has 0 N–H and O–H groups in total. The van der Waals surface area contributed by atoms with Gasteiger partial charge in [-0.3, -0.25) is 0 Å². The van der Waals surface area contributed by atoms with Gasteiger partial charge in [-0.05, 0) is 18.4 Å². The van der Waals surface area contributed by atoms with Crippen LogP contribution in [-0.2, 0) is 0 Å². The van der Waals surface area contributed by atoms with Gasteiger partial charge in [0.15, 0.2) is 0 Å². The Labute approximate surface area is 66.0 Å². The molecule has 0 aromatic heterocycles. The van der Waals surface area contributed by atoms with Crippen LogP contribution in [0.3, 0.4) is 0 Å². The van der Waals surface area contributed by atoms with Crippen LogP contribution in [0.2, 0.25) is 0 Å². The maximum absolute atomic E-state index is 5.32. The van der Waals surface area contributed by atoms with E-state index in [4.69, 9.17) is 4.65 Å². The Morgan fingerprint density at radius 1 is 1.30 bits per heavy atom. The molecule has 1 aromatic carbocycles. The van der Waals surface area contributed by atoms with Crippen LogP contribution >= 0.6 is 11.6 Å². The van der Waals surface area contributed by atoms with Crippen molar-refractivity contribution in [2.45, 2.75) is 0 Å². The number of benzene rings is 1. The molecule has 1 aromatic rings. The molecule has 1 nitrogen and oxygen atoms in total. The SMILES string of the molecule is CSBOc1ccccc1. The minimum Gasteiger partial charge on any atom is -0.553 e. The van der Waals surface area contributed by atoms with Crippen LogP contribution < -0.4 is 4.65 Å². The molecule has 0 aliphatic heterocycles. The van der Waals surface area contributed by atoms with Crippen molar-refractivity contribution < 1.29 is 4.65 Å². The van der Waals surface area contributed by atoms with E-state index in [1.807, 2.05) is 36.6 Å². The van der Waals surface area contributed by atoms with Crippen molar-refractivity contribution in [2.24, 2.45) is 0 Å². The van der Waals surface area contributed by atoms with Gasteiger partial charge in [-0.15, -0.1) is 0 Å². The van der Waals surface area contributed by atoms with Crippen molar-refractivity contribution in [3.05, 3.63) is 30.3 Å². The van der Waals surface area contributed by atoms with Crippen molar-refractivity contribution in [1.82, 2.24) is 0 Å². The lowest BCUT2D eigenvalue weighted by Crippen LogP contribution is -1.95. The third kappa shape index (κ3) is 2.35. The molecule has 0 saturated heterocycles. The van der Waals surface area contributed by atoms with Gasteiger partial charge in [-0.1, -0.05) is 18.2 Å². The predicted molar refractivity (Wildman–Crippen MR) is 47.7 cm³/mol. The summed E-state index contributed by atoms with van der Waals surface area (Å²) in [5, 5.41) is 0. The van der Waals surface area contributed by atoms with E-state index in [1.54, 1.807) is 11.6 Å². The van der Waals surface area contributed by atoms with E-state index in [1.165, 1.54) is 0 Å². The third-order valence-corrected chi connectivity index (χ3v) is 1.44. The summed E-state index contributed by atoms with van der Waals surface area (Å²) < 4.78 is 5.32. The van der Waals surface area contributed by atoms with Gasteiger partial charge in [0.25, 0.3) is 0 Å². The first-order chi connectivity index (χ1) is 4.93. The maximum Gasteiger partial charge on any atom is 0.407 e. The van der Waals surface area contributed by atoms with Crippen molar-refractivity contribution in [1.29, 1.82) is 0 Å². The second-order valence-electron chi connectivity index (χ2n) is 1.86. The van der Waals surface area contributed by atoms with Crippen molar-refractivity contribution in [2.75, 3.05) is 6.26 Å². The van der Waals surface area contributed by atoms with Gasteiger partial charge in [0.2, 0.25) is 0 Å². The lowest BCUT2D eigenvalue weighted by molar-refractivity contribution is 0.611. The molecule has 0 unspecified atom stereocenters. The minimum absolute atomic E-state index is 0.726.